The highest BCUT2D eigenvalue weighted by atomic mass is 16.4. The first-order valence-corrected chi connectivity index (χ1v) is 6.88. The number of carbonyl (C=O) groups is 2. The number of likely N-dealkylation sites (tertiary alicyclic amines) is 1. The zero-order valence-corrected chi connectivity index (χ0v) is 11.4. The van der Waals surface area contributed by atoms with Crippen molar-refractivity contribution in [3.8, 4) is 0 Å². The molecule has 0 radical (unpaired) electrons. The number of nitrogens with zero attached hydrogens (tertiary/aromatic N) is 1. The lowest BCUT2D eigenvalue weighted by molar-refractivity contribution is -0.138. The van der Waals surface area contributed by atoms with E-state index in [1.54, 1.807) is 6.07 Å². The maximum Gasteiger partial charge on any atom is 0.303 e. The molecule has 1 amide bonds. The van der Waals surface area contributed by atoms with Crippen LogP contribution in [0.4, 0.5) is 5.69 Å². The van der Waals surface area contributed by atoms with Gasteiger partial charge in [0.2, 0.25) is 5.91 Å². The summed E-state index contributed by atoms with van der Waals surface area (Å²) in [5.41, 5.74) is 7.28. The van der Waals surface area contributed by atoms with Crippen LogP contribution in [-0.4, -0.2) is 35.0 Å². The first kappa shape index (κ1) is 14.4. The Hall–Kier alpha value is -2.04. The highest BCUT2D eigenvalue weighted by molar-refractivity contribution is 5.79. The largest absolute Gasteiger partial charge is 0.481 e. The molecule has 5 nitrogen and oxygen atoms in total. The highest BCUT2D eigenvalue weighted by Gasteiger charge is 2.24. The molecule has 1 saturated heterocycles. The van der Waals surface area contributed by atoms with Crippen LogP contribution in [0.3, 0.4) is 0 Å². The van der Waals surface area contributed by atoms with Crippen molar-refractivity contribution in [2.75, 3.05) is 18.8 Å². The molecule has 1 aromatic rings. The second kappa shape index (κ2) is 6.41. The molecule has 0 aliphatic carbocycles. The molecule has 0 spiro atoms. The van der Waals surface area contributed by atoms with E-state index in [1.165, 1.54) is 0 Å². The van der Waals surface area contributed by atoms with Gasteiger partial charge >= 0.3 is 5.97 Å². The molecule has 1 aliphatic rings. The van der Waals surface area contributed by atoms with E-state index in [2.05, 4.69) is 0 Å². The number of piperidine rings is 1. The van der Waals surface area contributed by atoms with Gasteiger partial charge in [-0.1, -0.05) is 12.1 Å². The molecule has 2 rings (SSSR count). The summed E-state index contributed by atoms with van der Waals surface area (Å²) in [6.45, 7) is 1.30. The Labute approximate surface area is 118 Å². The van der Waals surface area contributed by atoms with Crippen molar-refractivity contribution < 1.29 is 14.7 Å². The Kier molecular flexibility index (Phi) is 4.61. The fourth-order valence-corrected chi connectivity index (χ4v) is 2.62. The number of rotatable bonds is 4. The summed E-state index contributed by atoms with van der Waals surface area (Å²) in [4.78, 5) is 24.7. The third-order valence-corrected chi connectivity index (χ3v) is 3.74. The fourth-order valence-electron chi connectivity index (χ4n) is 2.62. The number of hydrogen-bond donors (Lipinski definition) is 2. The number of carboxylic acids is 1. The van der Waals surface area contributed by atoms with Gasteiger partial charge in [-0.25, -0.2) is 0 Å². The summed E-state index contributed by atoms with van der Waals surface area (Å²) in [5.74, 6) is -0.470. The number of carbonyl (C=O) groups excluding carboxylic acids is 1. The molecule has 5 heteroatoms. The number of hydrogen-bond acceptors (Lipinski definition) is 3. The zero-order valence-electron chi connectivity index (χ0n) is 11.4. The van der Waals surface area contributed by atoms with Crippen LogP contribution in [0.25, 0.3) is 0 Å². The van der Waals surface area contributed by atoms with Gasteiger partial charge in [0.1, 0.15) is 0 Å². The van der Waals surface area contributed by atoms with E-state index in [-0.39, 0.29) is 18.2 Å². The quantitative estimate of drug-likeness (QED) is 0.817. The summed E-state index contributed by atoms with van der Waals surface area (Å²) >= 11 is 0. The molecule has 0 aromatic heterocycles. The van der Waals surface area contributed by atoms with Gasteiger partial charge in [-0.3, -0.25) is 9.59 Å². The Morgan fingerprint density at radius 2 is 2.00 bits per heavy atom. The molecule has 0 saturated carbocycles. The van der Waals surface area contributed by atoms with E-state index < -0.39 is 5.97 Å². The third-order valence-electron chi connectivity index (χ3n) is 3.74. The van der Waals surface area contributed by atoms with Crippen molar-refractivity contribution in [3.05, 3.63) is 29.8 Å². The normalized spacial score (nSPS) is 16.1. The molecule has 1 aliphatic heterocycles. The fraction of sp³-hybridized carbons (Fsp3) is 0.467. The maximum atomic E-state index is 12.2. The molecule has 3 N–H and O–H groups in total. The molecule has 1 fully saturated rings. The summed E-state index contributed by atoms with van der Waals surface area (Å²) in [5, 5.41) is 8.77. The number of benzene rings is 1. The first-order valence-electron chi connectivity index (χ1n) is 6.88. The number of nitrogen functional groups attached to an aromatic ring is 1. The molecule has 0 unspecified atom stereocenters. The Morgan fingerprint density at radius 3 is 2.60 bits per heavy atom. The van der Waals surface area contributed by atoms with Gasteiger partial charge in [0.25, 0.3) is 0 Å². The zero-order chi connectivity index (χ0) is 14.5. The van der Waals surface area contributed by atoms with E-state index in [1.807, 2.05) is 23.1 Å². The molecular weight excluding hydrogens is 256 g/mol. The number of aliphatic carboxylic acids is 1. The minimum Gasteiger partial charge on any atom is -0.481 e. The van der Waals surface area contributed by atoms with Crippen LogP contribution in [0.5, 0.6) is 0 Å². The Morgan fingerprint density at radius 1 is 1.30 bits per heavy atom. The van der Waals surface area contributed by atoms with Crippen LogP contribution in [0.1, 0.15) is 24.8 Å². The minimum atomic E-state index is -0.755. The van der Waals surface area contributed by atoms with Crippen molar-refractivity contribution in [3.63, 3.8) is 0 Å². The molecule has 20 heavy (non-hydrogen) atoms. The summed E-state index contributed by atoms with van der Waals surface area (Å²) < 4.78 is 0. The van der Waals surface area contributed by atoms with Crippen molar-refractivity contribution in [2.24, 2.45) is 5.92 Å². The van der Waals surface area contributed by atoms with Gasteiger partial charge in [0.05, 0.1) is 6.42 Å². The van der Waals surface area contributed by atoms with Gasteiger partial charge in [0, 0.05) is 25.2 Å². The monoisotopic (exact) mass is 276 g/mol. The molecule has 108 valence electrons. The van der Waals surface area contributed by atoms with E-state index in [0.29, 0.717) is 25.2 Å². The standard InChI is InChI=1S/C15H20N2O3/c16-13-3-1-2-12(8-13)9-14(18)17-6-4-11(5-7-17)10-15(19)20/h1-3,8,11H,4-7,9-10,16H2,(H,19,20). The second-order valence-corrected chi connectivity index (χ2v) is 5.34. The van der Waals surface area contributed by atoms with E-state index in [9.17, 15) is 9.59 Å². The summed E-state index contributed by atoms with van der Waals surface area (Å²) in [7, 11) is 0. The summed E-state index contributed by atoms with van der Waals surface area (Å²) in [6.07, 6.45) is 2.11. The SMILES string of the molecule is Nc1cccc(CC(=O)N2CCC(CC(=O)O)CC2)c1. The molecule has 0 bridgehead atoms. The Balaban J connectivity index is 1.84. The van der Waals surface area contributed by atoms with Crippen molar-refractivity contribution in [1.82, 2.24) is 4.90 Å². The number of amides is 1. The van der Waals surface area contributed by atoms with E-state index >= 15 is 0 Å². The predicted octanol–water partition coefficient (Wildman–Crippen LogP) is 1.52. The van der Waals surface area contributed by atoms with Crippen molar-refractivity contribution in [1.29, 1.82) is 0 Å². The predicted molar refractivity (Wildman–Crippen MR) is 76.1 cm³/mol. The van der Waals surface area contributed by atoms with Gasteiger partial charge in [0.15, 0.2) is 0 Å². The van der Waals surface area contributed by atoms with Crippen LogP contribution in [0.15, 0.2) is 24.3 Å². The average Bonchev–Trinajstić information content (AvgIpc) is 2.38. The smallest absolute Gasteiger partial charge is 0.303 e. The molecule has 1 aromatic carbocycles. The van der Waals surface area contributed by atoms with Gasteiger partial charge < -0.3 is 15.7 Å². The van der Waals surface area contributed by atoms with Crippen molar-refractivity contribution in [2.45, 2.75) is 25.7 Å². The lowest BCUT2D eigenvalue weighted by Crippen LogP contribution is -2.39. The second-order valence-electron chi connectivity index (χ2n) is 5.34. The molecule has 0 atom stereocenters. The van der Waals surface area contributed by atoms with Gasteiger partial charge in [-0.2, -0.15) is 0 Å². The van der Waals surface area contributed by atoms with Gasteiger partial charge in [-0.05, 0) is 36.5 Å². The maximum absolute atomic E-state index is 12.2. The number of nitrogens with two attached hydrogens (primary N) is 1. The van der Waals surface area contributed by atoms with Crippen LogP contribution in [-0.2, 0) is 16.0 Å². The topological polar surface area (TPSA) is 83.6 Å². The van der Waals surface area contributed by atoms with Crippen LogP contribution >= 0.6 is 0 Å². The number of carboxylic acid groups (broad SMARTS) is 1. The van der Waals surface area contributed by atoms with Crippen LogP contribution in [0.2, 0.25) is 0 Å². The van der Waals surface area contributed by atoms with E-state index in [4.69, 9.17) is 10.8 Å². The third kappa shape index (κ3) is 3.98. The molecular formula is C15H20N2O3. The minimum absolute atomic E-state index is 0.0874. The van der Waals surface area contributed by atoms with Gasteiger partial charge in [-0.15, -0.1) is 0 Å². The van der Waals surface area contributed by atoms with Crippen molar-refractivity contribution >= 4 is 17.6 Å². The lowest BCUT2D eigenvalue weighted by Gasteiger charge is -2.31. The molecule has 1 heterocycles. The first-order chi connectivity index (χ1) is 9.54. The van der Waals surface area contributed by atoms with Crippen LogP contribution < -0.4 is 5.73 Å². The van der Waals surface area contributed by atoms with E-state index in [0.717, 1.165) is 18.4 Å². The average molecular weight is 276 g/mol. The Bertz CT molecular complexity index is 494. The van der Waals surface area contributed by atoms with Crippen LogP contribution in [0, 0.1) is 5.92 Å². The number of anilines is 1. The lowest BCUT2D eigenvalue weighted by atomic mass is 9.93. The summed E-state index contributed by atoms with van der Waals surface area (Å²) in [6, 6.07) is 7.35. The highest BCUT2D eigenvalue weighted by Crippen LogP contribution is 2.21.